The fraction of sp³-hybridized carbons (Fsp3) is 0.538. The Morgan fingerprint density at radius 3 is 2.10 bits per heavy atom. The summed E-state index contributed by atoms with van der Waals surface area (Å²) in [7, 11) is -6.11. The van der Waals surface area contributed by atoms with Gasteiger partial charge in [-0.2, -0.15) is 0 Å². The van der Waals surface area contributed by atoms with Crippen molar-refractivity contribution in [3.63, 3.8) is 0 Å². The minimum absolute atomic E-state index is 0.142. The van der Waals surface area contributed by atoms with Crippen LogP contribution >= 0.6 is 0 Å². The maximum absolute atomic E-state index is 11.8. The van der Waals surface area contributed by atoms with Crippen molar-refractivity contribution in [3.8, 4) is 0 Å². The van der Waals surface area contributed by atoms with Crippen LogP contribution in [-0.2, 0) is 19.7 Å². The van der Waals surface area contributed by atoms with Crippen LogP contribution in [0.15, 0.2) is 29.2 Å². The summed E-state index contributed by atoms with van der Waals surface area (Å²) in [5.41, 5.74) is 0.786. The van der Waals surface area contributed by atoms with Crippen LogP contribution in [0.5, 0.6) is 0 Å². The van der Waals surface area contributed by atoms with E-state index in [1.165, 1.54) is 6.26 Å². The molecule has 0 aliphatic carbocycles. The van der Waals surface area contributed by atoms with E-state index >= 15 is 0 Å². The standard InChI is InChI=1S/C13H21NO4S2/c1-3-10-20(17,18)13-7-5-12(6-8-13)14-9-4-11-19(2,15)16/h5-8,14H,3-4,9-11H2,1-2H3. The summed E-state index contributed by atoms with van der Waals surface area (Å²) in [5, 5.41) is 3.07. The molecule has 114 valence electrons. The van der Waals surface area contributed by atoms with Crippen molar-refractivity contribution < 1.29 is 16.8 Å². The minimum Gasteiger partial charge on any atom is -0.385 e. The molecule has 1 N–H and O–H groups in total. The van der Waals surface area contributed by atoms with Crippen molar-refractivity contribution in [2.24, 2.45) is 0 Å². The molecular weight excluding hydrogens is 298 g/mol. The van der Waals surface area contributed by atoms with E-state index in [9.17, 15) is 16.8 Å². The molecular formula is C13H21NO4S2. The Hall–Kier alpha value is -1.08. The van der Waals surface area contributed by atoms with Crippen molar-refractivity contribution in [2.75, 3.05) is 29.6 Å². The molecule has 0 bridgehead atoms. The monoisotopic (exact) mass is 319 g/mol. The Kier molecular flexibility index (Phi) is 6.01. The first-order valence-corrected chi connectivity index (χ1v) is 10.2. The number of hydrogen-bond acceptors (Lipinski definition) is 5. The van der Waals surface area contributed by atoms with Gasteiger partial charge in [-0.1, -0.05) is 6.92 Å². The summed E-state index contributed by atoms with van der Waals surface area (Å²) in [4.78, 5) is 0.320. The summed E-state index contributed by atoms with van der Waals surface area (Å²) in [6.45, 7) is 2.36. The van der Waals surface area contributed by atoms with Gasteiger partial charge in [0.25, 0.3) is 0 Å². The second-order valence-corrected chi connectivity index (χ2v) is 9.12. The highest BCUT2D eigenvalue weighted by Crippen LogP contribution is 2.16. The SMILES string of the molecule is CCCS(=O)(=O)c1ccc(NCCCS(C)(=O)=O)cc1. The molecule has 0 unspecified atom stereocenters. The number of nitrogens with one attached hydrogen (secondary N) is 1. The Bertz CT molecular complexity index is 619. The van der Waals surface area contributed by atoms with E-state index in [-0.39, 0.29) is 11.5 Å². The van der Waals surface area contributed by atoms with E-state index in [0.717, 1.165) is 5.69 Å². The van der Waals surface area contributed by atoms with E-state index in [1.807, 2.05) is 6.92 Å². The summed E-state index contributed by atoms with van der Waals surface area (Å²) >= 11 is 0. The summed E-state index contributed by atoms with van der Waals surface area (Å²) in [6, 6.07) is 6.54. The molecule has 20 heavy (non-hydrogen) atoms. The van der Waals surface area contributed by atoms with E-state index in [0.29, 0.717) is 24.3 Å². The summed E-state index contributed by atoms with van der Waals surface area (Å²) in [5.74, 6) is 0.289. The second-order valence-electron chi connectivity index (χ2n) is 4.75. The summed E-state index contributed by atoms with van der Waals surface area (Å²) < 4.78 is 45.6. The molecule has 1 aromatic carbocycles. The zero-order chi connectivity index (χ0) is 15.2. The number of sulfone groups is 2. The third-order valence-corrected chi connectivity index (χ3v) is 5.67. The van der Waals surface area contributed by atoms with Crippen molar-refractivity contribution in [1.82, 2.24) is 0 Å². The zero-order valence-electron chi connectivity index (χ0n) is 11.8. The fourth-order valence-electron chi connectivity index (χ4n) is 1.73. The first kappa shape index (κ1) is 17.0. The molecule has 7 heteroatoms. The molecule has 0 amide bonds. The largest absolute Gasteiger partial charge is 0.385 e. The van der Waals surface area contributed by atoms with Crippen molar-refractivity contribution in [1.29, 1.82) is 0 Å². The third kappa shape index (κ3) is 5.92. The summed E-state index contributed by atoms with van der Waals surface area (Å²) in [6.07, 6.45) is 2.32. The first-order chi connectivity index (χ1) is 9.24. The van der Waals surface area contributed by atoms with Crippen LogP contribution in [0.3, 0.4) is 0 Å². The average molecular weight is 319 g/mol. The second kappa shape index (κ2) is 7.08. The van der Waals surface area contributed by atoms with E-state index in [4.69, 9.17) is 0 Å². The maximum atomic E-state index is 11.8. The molecule has 1 aromatic rings. The van der Waals surface area contributed by atoms with E-state index < -0.39 is 19.7 Å². The zero-order valence-corrected chi connectivity index (χ0v) is 13.4. The molecule has 0 saturated carbocycles. The topological polar surface area (TPSA) is 80.3 Å². The van der Waals surface area contributed by atoms with Crippen LogP contribution in [0.4, 0.5) is 5.69 Å². The van der Waals surface area contributed by atoms with Crippen LogP contribution in [0.2, 0.25) is 0 Å². The van der Waals surface area contributed by atoms with E-state index in [1.54, 1.807) is 24.3 Å². The molecule has 5 nitrogen and oxygen atoms in total. The molecule has 0 aliphatic heterocycles. The van der Waals surface area contributed by atoms with Crippen LogP contribution in [0, 0.1) is 0 Å². The third-order valence-electron chi connectivity index (χ3n) is 2.71. The fourth-order valence-corrected chi connectivity index (χ4v) is 3.73. The average Bonchev–Trinajstić information content (AvgIpc) is 2.34. The highest BCUT2D eigenvalue weighted by Gasteiger charge is 2.12. The molecule has 0 radical (unpaired) electrons. The Morgan fingerprint density at radius 1 is 1.00 bits per heavy atom. The predicted molar refractivity (Wildman–Crippen MR) is 81.6 cm³/mol. The van der Waals surface area contributed by atoms with Gasteiger partial charge in [0.05, 0.1) is 16.4 Å². The highest BCUT2D eigenvalue weighted by atomic mass is 32.2. The molecule has 0 spiro atoms. The Balaban J connectivity index is 2.55. The first-order valence-electron chi connectivity index (χ1n) is 6.49. The van der Waals surface area contributed by atoms with Crippen LogP contribution < -0.4 is 5.32 Å². The smallest absolute Gasteiger partial charge is 0.178 e. The predicted octanol–water partition coefficient (Wildman–Crippen LogP) is 1.72. The van der Waals surface area contributed by atoms with Gasteiger partial charge in [0.2, 0.25) is 0 Å². The molecule has 0 saturated heterocycles. The number of anilines is 1. The van der Waals surface area contributed by atoms with Gasteiger partial charge in [-0.3, -0.25) is 0 Å². The number of hydrogen-bond donors (Lipinski definition) is 1. The lowest BCUT2D eigenvalue weighted by Gasteiger charge is -2.07. The van der Waals surface area contributed by atoms with Gasteiger partial charge in [-0.25, -0.2) is 16.8 Å². The molecule has 0 atom stereocenters. The quantitative estimate of drug-likeness (QED) is 0.738. The lowest BCUT2D eigenvalue weighted by Crippen LogP contribution is -2.10. The normalized spacial score (nSPS) is 12.3. The molecule has 0 aromatic heterocycles. The van der Waals surface area contributed by atoms with Gasteiger partial charge in [0.15, 0.2) is 9.84 Å². The lowest BCUT2D eigenvalue weighted by molar-refractivity contribution is 0.594. The van der Waals surface area contributed by atoms with Crippen LogP contribution in [0.1, 0.15) is 19.8 Å². The molecule has 0 aliphatic rings. The van der Waals surface area contributed by atoms with Gasteiger partial charge in [0.1, 0.15) is 9.84 Å². The minimum atomic E-state index is -3.18. The van der Waals surface area contributed by atoms with Gasteiger partial charge in [-0.15, -0.1) is 0 Å². The number of benzene rings is 1. The highest BCUT2D eigenvalue weighted by molar-refractivity contribution is 7.91. The van der Waals surface area contributed by atoms with Crippen molar-refractivity contribution in [2.45, 2.75) is 24.7 Å². The lowest BCUT2D eigenvalue weighted by atomic mass is 10.3. The molecule has 1 rings (SSSR count). The van der Waals surface area contributed by atoms with Gasteiger partial charge in [0, 0.05) is 18.5 Å². The Labute approximate surface area is 121 Å². The van der Waals surface area contributed by atoms with Gasteiger partial charge >= 0.3 is 0 Å². The van der Waals surface area contributed by atoms with Crippen LogP contribution in [0.25, 0.3) is 0 Å². The van der Waals surface area contributed by atoms with Crippen LogP contribution in [-0.4, -0.2) is 41.1 Å². The van der Waals surface area contributed by atoms with Crippen molar-refractivity contribution in [3.05, 3.63) is 24.3 Å². The Morgan fingerprint density at radius 2 is 1.60 bits per heavy atom. The molecule has 0 heterocycles. The molecule has 0 fully saturated rings. The van der Waals surface area contributed by atoms with Gasteiger partial charge in [-0.05, 0) is 37.1 Å². The van der Waals surface area contributed by atoms with Gasteiger partial charge < -0.3 is 5.32 Å². The number of rotatable bonds is 8. The van der Waals surface area contributed by atoms with E-state index in [2.05, 4.69) is 5.32 Å². The maximum Gasteiger partial charge on any atom is 0.178 e. The van der Waals surface area contributed by atoms with Crippen molar-refractivity contribution >= 4 is 25.4 Å².